The second-order valence-electron chi connectivity index (χ2n) is 4.58. The molecule has 112 valence electrons. The van der Waals surface area contributed by atoms with E-state index in [4.69, 9.17) is 4.74 Å². The van der Waals surface area contributed by atoms with E-state index in [-0.39, 0.29) is 11.2 Å². The molecule has 0 aliphatic rings. The maximum absolute atomic E-state index is 12.1. The summed E-state index contributed by atoms with van der Waals surface area (Å²) in [5, 5.41) is 4.77. The van der Waals surface area contributed by atoms with Crippen LogP contribution in [-0.4, -0.2) is 23.3 Å². The first-order valence-electron chi connectivity index (χ1n) is 6.58. The number of carbonyl (C=O) groups is 1. The Bertz CT molecular complexity index is 596. The van der Waals surface area contributed by atoms with E-state index < -0.39 is 0 Å². The molecule has 0 saturated heterocycles. The standard InChI is InChI=1S/C15H18N2O2S2/c1-10-9-20-15(17-10)21-11(2)14(18)16-8-12-4-6-13(19-3)7-5-12/h4-7,9,11H,8H2,1-3H3,(H,16,18). The molecular weight excluding hydrogens is 304 g/mol. The minimum absolute atomic E-state index is 0.0173. The molecule has 1 aromatic carbocycles. The van der Waals surface area contributed by atoms with Crippen molar-refractivity contribution in [1.29, 1.82) is 0 Å². The number of carbonyl (C=O) groups excluding carboxylic acids is 1. The minimum atomic E-state index is -0.159. The van der Waals surface area contributed by atoms with Gasteiger partial charge in [0, 0.05) is 17.6 Å². The molecule has 1 unspecified atom stereocenters. The number of nitrogens with one attached hydrogen (secondary N) is 1. The van der Waals surface area contributed by atoms with Gasteiger partial charge in [-0.15, -0.1) is 11.3 Å². The molecule has 2 aromatic rings. The molecule has 1 heterocycles. The zero-order chi connectivity index (χ0) is 15.2. The average Bonchev–Trinajstić information content (AvgIpc) is 2.90. The molecule has 6 heteroatoms. The lowest BCUT2D eigenvalue weighted by Gasteiger charge is -2.10. The summed E-state index contributed by atoms with van der Waals surface area (Å²) in [4.78, 5) is 16.4. The fraction of sp³-hybridized carbons (Fsp3) is 0.333. The maximum Gasteiger partial charge on any atom is 0.233 e. The molecule has 0 bridgehead atoms. The lowest BCUT2D eigenvalue weighted by atomic mass is 10.2. The molecule has 0 aliphatic carbocycles. The number of aromatic nitrogens is 1. The van der Waals surface area contributed by atoms with Gasteiger partial charge >= 0.3 is 0 Å². The molecular formula is C15H18N2O2S2. The fourth-order valence-electron chi connectivity index (χ4n) is 1.67. The van der Waals surface area contributed by atoms with E-state index in [1.165, 1.54) is 11.8 Å². The summed E-state index contributed by atoms with van der Waals surface area (Å²) in [6.07, 6.45) is 0. The van der Waals surface area contributed by atoms with Gasteiger partial charge in [-0.2, -0.15) is 0 Å². The number of nitrogens with zero attached hydrogens (tertiary/aromatic N) is 1. The highest BCUT2D eigenvalue weighted by atomic mass is 32.2. The fourth-order valence-corrected chi connectivity index (χ4v) is 3.68. The summed E-state index contributed by atoms with van der Waals surface area (Å²) < 4.78 is 6.04. The van der Waals surface area contributed by atoms with Gasteiger partial charge in [0.1, 0.15) is 5.75 Å². The van der Waals surface area contributed by atoms with E-state index in [0.717, 1.165) is 21.3 Å². The van der Waals surface area contributed by atoms with Crippen molar-refractivity contribution >= 4 is 29.0 Å². The topological polar surface area (TPSA) is 51.2 Å². The van der Waals surface area contributed by atoms with Gasteiger partial charge in [0.25, 0.3) is 0 Å². The van der Waals surface area contributed by atoms with Crippen LogP contribution in [0.4, 0.5) is 0 Å². The molecule has 4 nitrogen and oxygen atoms in total. The number of benzene rings is 1. The Morgan fingerprint density at radius 3 is 2.71 bits per heavy atom. The van der Waals surface area contributed by atoms with Gasteiger partial charge in [-0.25, -0.2) is 4.98 Å². The van der Waals surface area contributed by atoms with Crippen molar-refractivity contribution in [3.8, 4) is 5.75 Å². The molecule has 1 N–H and O–H groups in total. The largest absolute Gasteiger partial charge is 0.497 e. The summed E-state index contributed by atoms with van der Waals surface area (Å²) in [7, 11) is 1.63. The molecule has 0 aliphatic heterocycles. The van der Waals surface area contributed by atoms with Crippen LogP contribution < -0.4 is 10.1 Å². The number of thiazole rings is 1. The highest BCUT2D eigenvalue weighted by Gasteiger charge is 2.15. The van der Waals surface area contributed by atoms with Crippen LogP contribution in [0.25, 0.3) is 0 Å². The van der Waals surface area contributed by atoms with Gasteiger partial charge in [-0.3, -0.25) is 4.79 Å². The number of hydrogen-bond acceptors (Lipinski definition) is 5. The van der Waals surface area contributed by atoms with Crippen molar-refractivity contribution < 1.29 is 9.53 Å². The maximum atomic E-state index is 12.1. The summed E-state index contributed by atoms with van der Waals surface area (Å²) in [5.74, 6) is 0.830. The summed E-state index contributed by atoms with van der Waals surface area (Å²) >= 11 is 3.06. The summed E-state index contributed by atoms with van der Waals surface area (Å²) in [6, 6.07) is 7.66. The van der Waals surface area contributed by atoms with Crippen LogP contribution in [0.3, 0.4) is 0 Å². The van der Waals surface area contributed by atoms with Crippen molar-refractivity contribution in [1.82, 2.24) is 10.3 Å². The van der Waals surface area contributed by atoms with E-state index in [2.05, 4.69) is 10.3 Å². The third kappa shape index (κ3) is 4.75. The Morgan fingerprint density at radius 2 is 2.14 bits per heavy atom. The molecule has 0 radical (unpaired) electrons. The van der Waals surface area contributed by atoms with E-state index in [9.17, 15) is 4.79 Å². The lowest BCUT2D eigenvalue weighted by molar-refractivity contribution is -0.120. The minimum Gasteiger partial charge on any atom is -0.497 e. The van der Waals surface area contributed by atoms with Crippen LogP contribution in [0.5, 0.6) is 5.75 Å². The second kappa shape index (κ2) is 7.47. The molecule has 1 amide bonds. The Hall–Kier alpha value is -1.53. The van der Waals surface area contributed by atoms with Crippen molar-refractivity contribution in [2.75, 3.05) is 7.11 Å². The average molecular weight is 322 g/mol. The second-order valence-corrected chi connectivity index (χ2v) is 7.03. The molecule has 0 spiro atoms. The van der Waals surface area contributed by atoms with Gasteiger partial charge < -0.3 is 10.1 Å². The van der Waals surface area contributed by atoms with E-state index in [1.54, 1.807) is 18.4 Å². The van der Waals surface area contributed by atoms with Crippen LogP contribution in [0.15, 0.2) is 34.0 Å². The van der Waals surface area contributed by atoms with Crippen molar-refractivity contribution in [2.45, 2.75) is 30.0 Å². The van der Waals surface area contributed by atoms with Crippen molar-refractivity contribution in [2.24, 2.45) is 0 Å². The third-order valence-corrected chi connectivity index (χ3v) is 5.06. The van der Waals surface area contributed by atoms with Gasteiger partial charge in [0.15, 0.2) is 4.34 Å². The lowest BCUT2D eigenvalue weighted by Crippen LogP contribution is -2.30. The predicted molar refractivity (Wildman–Crippen MR) is 87.0 cm³/mol. The molecule has 0 saturated carbocycles. The highest BCUT2D eigenvalue weighted by Crippen LogP contribution is 2.26. The Morgan fingerprint density at radius 1 is 1.43 bits per heavy atom. The van der Waals surface area contributed by atoms with Crippen LogP contribution in [0.1, 0.15) is 18.2 Å². The number of aryl methyl sites for hydroxylation is 1. The first-order chi connectivity index (χ1) is 10.1. The SMILES string of the molecule is COc1ccc(CNC(=O)C(C)Sc2nc(C)cs2)cc1. The first-order valence-corrected chi connectivity index (χ1v) is 8.34. The van der Waals surface area contributed by atoms with Gasteiger partial charge in [0.2, 0.25) is 5.91 Å². The monoisotopic (exact) mass is 322 g/mol. The summed E-state index contributed by atoms with van der Waals surface area (Å²) in [6.45, 7) is 4.37. The quantitative estimate of drug-likeness (QED) is 0.830. The smallest absolute Gasteiger partial charge is 0.233 e. The molecule has 21 heavy (non-hydrogen) atoms. The number of rotatable bonds is 6. The number of thioether (sulfide) groups is 1. The Kier molecular flexibility index (Phi) is 5.64. The van der Waals surface area contributed by atoms with Gasteiger partial charge in [0.05, 0.1) is 12.4 Å². The molecule has 1 aromatic heterocycles. The predicted octanol–water partition coefficient (Wildman–Crippen LogP) is 3.26. The molecule has 2 rings (SSSR count). The zero-order valence-electron chi connectivity index (χ0n) is 12.3. The van der Waals surface area contributed by atoms with Crippen LogP contribution in [-0.2, 0) is 11.3 Å². The van der Waals surface area contributed by atoms with Crippen LogP contribution in [0.2, 0.25) is 0 Å². The number of methoxy groups -OCH3 is 1. The van der Waals surface area contributed by atoms with Gasteiger partial charge in [-0.1, -0.05) is 23.9 Å². The van der Waals surface area contributed by atoms with E-state index in [1.807, 2.05) is 43.5 Å². The number of amides is 1. The van der Waals surface area contributed by atoms with E-state index in [0.29, 0.717) is 6.54 Å². The molecule has 1 atom stereocenters. The number of hydrogen-bond donors (Lipinski definition) is 1. The highest BCUT2D eigenvalue weighted by molar-refractivity contribution is 8.02. The van der Waals surface area contributed by atoms with Gasteiger partial charge in [-0.05, 0) is 31.5 Å². The van der Waals surface area contributed by atoms with Crippen molar-refractivity contribution in [3.05, 3.63) is 40.9 Å². The Labute approximate surface area is 132 Å². The summed E-state index contributed by atoms with van der Waals surface area (Å²) in [5.41, 5.74) is 2.04. The first kappa shape index (κ1) is 15.9. The van der Waals surface area contributed by atoms with Crippen molar-refractivity contribution in [3.63, 3.8) is 0 Å². The molecule has 0 fully saturated rings. The zero-order valence-corrected chi connectivity index (χ0v) is 13.9. The number of ether oxygens (including phenoxy) is 1. The van der Waals surface area contributed by atoms with E-state index >= 15 is 0 Å². The van der Waals surface area contributed by atoms with Crippen LogP contribution >= 0.6 is 23.1 Å². The third-order valence-electron chi connectivity index (χ3n) is 2.87. The normalized spacial score (nSPS) is 12.0. The Balaban J connectivity index is 1.82. The van der Waals surface area contributed by atoms with Crippen LogP contribution in [0, 0.1) is 6.92 Å².